The minimum atomic E-state index is -0.367. The Labute approximate surface area is 102 Å². The maximum atomic E-state index is 5.47. The topological polar surface area (TPSA) is 47.0 Å². The number of methoxy groups -OCH3 is 1. The van der Waals surface area contributed by atoms with Crippen molar-refractivity contribution in [2.75, 3.05) is 19.0 Å². The van der Waals surface area contributed by atoms with Crippen molar-refractivity contribution in [2.45, 2.75) is 39.7 Å². The van der Waals surface area contributed by atoms with Gasteiger partial charge in [0.25, 0.3) is 0 Å². The van der Waals surface area contributed by atoms with E-state index in [2.05, 4.69) is 35.4 Å². The summed E-state index contributed by atoms with van der Waals surface area (Å²) in [6, 6.07) is 0. The minimum Gasteiger partial charge on any atom is -0.370 e. The Morgan fingerprint density at radius 2 is 2.19 bits per heavy atom. The summed E-state index contributed by atoms with van der Waals surface area (Å²) in [7, 11) is 1.70. The highest BCUT2D eigenvalue weighted by molar-refractivity contribution is 7.09. The molecule has 1 N–H and O–H groups in total. The first-order valence-electron chi connectivity index (χ1n) is 5.65. The molecule has 0 aliphatic heterocycles. The smallest absolute Gasteiger partial charge is 0.202 e. The summed E-state index contributed by atoms with van der Waals surface area (Å²) >= 11 is 1.40. The number of ether oxygens (including phenoxy) is 1. The molecule has 1 aromatic rings. The third-order valence-corrected chi connectivity index (χ3v) is 3.36. The SMILES string of the molecule is CCC(C)(OC)c1nsc(NCC(C)C)n1. The van der Waals surface area contributed by atoms with Crippen molar-refractivity contribution in [2.24, 2.45) is 5.92 Å². The number of nitrogens with zero attached hydrogens (tertiary/aromatic N) is 2. The van der Waals surface area contributed by atoms with Gasteiger partial charge in [-0.25, -0.2) is 4.98 Å². The molecule has 92 valence electrons. The Morgan fingerprint density at radius 3 is 2.69 bits per heavy atom. The molecule has 0 saturated carbocycles. The van der Waals surface area contributed by atoms with Crippen molar-refractivity contribution in [3.8, 4) is 0 Å². The van der Waals surface area contributed by atoms with Crippen molar-refractivity contribution in [1.82, 2.24) is 9.36 Å². The van der Waals surface area contributed by atoms with E-state index in [0.29, 0.717) is 5.92 Å². The highest BCUT2D eigenvalue weighted by Crippen LogP contribution is 2.28. The molecule has 1 rings (SSSR count). The second kappa shape index (κ2) is 5.59. The van der Waals surface area contributed by atoms with Gasteiger partial charge in [-0.2, -0.15) is 4.37 Å². The fourth-order valence-corrected chi connectivity index (χ4v) is 1.88. The van der Waals surface area contributed by atoms with Crippen molar-refractivity contribution >= 4 is 16.7 Å². The summed E-state index contributed by atoms with van der Waals surface area (Å²) < 4.78 is 9.82. The largest absolute Gasteiger partial charge is 0.370 e. The summed E-state index contributed by atoms with van der Waals surface area (Å²) in [6.45, 7) is 9.35. The molecule has 1 atom stereocenters. The molecular weight excluding hydrogens is 222 g/mol. The van der Waals surface area contributed by atoms with E-state index in [1.807, 2.05) is 6.92 Å². The van der Waals surface area contributed by atoms with E-state index in [1.54, 1.807) is 7.11 Å². The zero-order valence-electron chi connectivity index (χ0n) is 10.7. The zero-order valence-corrected chi connectivity index (χ0v) is 11.5. The second-order valence-electron chi connectivity index (χ2n) is 4.49. The highest BCUT2D eigenvalue weighted by Gasteiger charge is 2.28. The van der Waals surface area contributed by atoms with E-state index < -0.39 is 0 Å². The van der Waals surface area contributed by atoms with E-state index in [-0.39, 0.29) is 5.60 Å². The van der Waals surface area contributed by atoms with Gasteiger partial charge in [-0.05, 0) is 19.3 Å². The van der Waals surface area contributed by atoms with Crippen LogP contribution < -0.4 is 5.32 Å². The Bertz CT molecular complexity index is 321. The van der Waals surface area contributed by atoms with Crippen LogP contribution in [-0.4, -0.2) is 23.0 Å². The van der Waals surface area contributed by atoms with Crippen LogP contribution in [0, 0.1) is 5.92 Å². The maximum absolute atomic E-state index is 5.47. The van der Waals surface area contributed by atoms with E-state index in [1.165, 1.54) is 11.5 Å². The summed E-state index contributed by atoms with van der Waals surface area (Å²) in [5, 5.41) is 4.15. The monoisotopic (exact) mass is 243 g/mol. The summed E-state index contributed by atoms with van der Waals surface area (Å²) in [4.78, 5) is 4.47. The van der Waals surface area contributed by atoms with Crippen LogP contribution in [0.5, 0.6) is 0 Å². The lowest BCUT2D eigenvalue weighted by Crippen LogP contribution is -2.24. The second-order valence-corrected chi connectivity index (χ2v) is 5.24. The van der Waals surface area contributed by atoms with Crippen LogP contribution in [-0.2, 0) is 10.3 Å². The molecule has 0 aliphatic rings. The molecule has 0 radical (unpaired) electrons. The van der Waals surface area contributed by atoms with Crippen LogP contribution in [0.2, 0.25) is 0 Å². The van der Waals surface area contributed by atoms with Crippen LogP contribution in [0.25, 0.3) is 0 Å². The Morgan fingerprint density at radius 1 is 1.50 bits per heavy atom. The summed E-state index contributed by atoms with van der Waals surface area (Å²) in [5.74, 6) is 1.38. The molecule has 4 nitrogen and oxygen atoms in total. The molecule has 0 spiro atoms. The molecule has 0 bridgehead atoms. The average Bonchev–Trinajstić information content (AvgIpc) is 2.74. The number of nitrogens with one attached hydrogen (secondary N) is 1. The Balaban J connectivity index is 2.70. The third-order valence-electron chi connectivity index (χ3n) is 2.69. The lowest BCUT2D eigenvalue weighted by atomic mass is 10.0. The number of anilines is 1. The fraction of sp³-hybridized carbons (Fsp3) is 0.818. The first-order valence-corrected chi connectivity index (χ1v) is 6.42. The first-order chi connectivity index (χ1) is 7.51. The molecule has 0 saturated heterocycles. The molecule has 5 heteroatoms. The molecule has 0 aromatic carbocycles. The van der Waals surface area contributed by atoms with Gasteiger partial charge >= 0.3 is 0 Å². The third kappa shape index (κ3) is 3.15. The van der Waals surface area contributed by atoms with Gasteiger partial charge in [0.2, 0.25) is 5.13 Å². The molecule has 0 aliphatic carbocycles. The normalized spacial score (nSPS) is 15.1. The van der Waals surface area contributed by atoms with E-state index in [4.69, 9.17) is 4.74 Å². The maximum Gasteiger partial charge on any atom is 0.202 e. The fourth-order valence-electron chi connectivity index (χ4n) is 1.20. The molecular formula is C11H21N3OS. The van der Waals surface area contributed by atoms with Crippen molar-refractivity contribution in [1.29, 1.82) is 0 Å². The highest BCUT2D eigenvalue weighted by atomic mass is 32.1. The number of hydrogen-bond acceptors (Lipinski definition) is 5. The Hall–Kier alpha value is -0.680. The van der Waals surface area contributed by atoms with Gasteiger partial charge in [0.05, 0.1) is 0 Å². The average molecular weight is 243 g/mol. The minimum absolute atomic E-state index is 0.367. The molecule has 0 fully saturated rings. The van der Waals surface area contributed by atoms with Gasteiger partial charge < -0.3 is 10.1 Å². The Kier molecular flexibility index (Phi) is 4.68. The quantitative estimate of drug-likeness (QED) is 0.834. The van der Waals surface area contributed by atoms with Gasteiger partial charge in [0.1, 0.15) is 5.60 Å². The van der Waals surface area contributed by atoms with Gasteiger partial charge in [-0.3, -0.25) is 0 Å². The van der Waals surface area contributed by atoms with Crippen molar-refractivity contribution in [3.05, 3.63) is 5.82 Å². The predicted molar refractivity (Wildman–Crippen MR) is 67.9 cm³/mol. The standard InChI is InChI=1S/C11H21N3OS/c1-6-11(4,15-5)9-13-10(16-14-9)12-7-8(2)3/h8H,6-7H2,1-5H3,(H,12,13,14). The van der Waals surface area contributed by atoms with E-state index in [0.717, 1.165) is 23.9 Å². The van der Waals surface area contributed by atoms with E-state index >= 15 is 0 Å². The molecule has 1 heterocycles. The van der Waals surface area contributed by atoms with Crippen LogP contribution in [0.4, 0.5) is 5.13 Å². The van der Waals surface area contributed by atoms with Crippen LogP contribution in [0.1, 0.15) is 39.9 Å². The molecule has 1 aromatic heterocycles. The predicted octanol–water partition coefficient (Wildman–Crippen LogP) is 2.88. The number of hydrogen-bond donors (Lipinski definition) is 1. The van der Waals surface area contributed by atoms with E-state index in [9.17, 15) is 0 Å². The molecule has 1 unspecified atom stereocenters. The zero-order chi connectivity index (χ0) is 12.2. The van der Waals surface area contributed by atoms with Gasteiger partial charge in [-0.15, -0.1) is 0 Å². The number of aromatic nitrogens is 2. The first kappa shape index (κ1) is 13.4. The summed E-state index contributed by atoms with van der Waals surface area (Å²) in [6.07, 6.45) is 0.865. The van der Waals surface area contributed by atoms with Gasteiger partial charge in [0.15, 0.2) is 5.82 Å². The summed E-state index contributed by atoms with van der Waals surface area (Å²) in [5.41, 5.74) is -0.367. The molecule has 16 heavy (non-hydrogen) atoms. The van der Waals surface area contributed by atoms with Crippen molar-refractivity contribution < 1.29 is 4.74 Å². The van der Waals surface area contributed by atoms with Crippen molar-refractivity contribution in [3.63, 3.8) is 0 Å². The molecule has 0 amide bonds. The van der Waals surface area contributed by atoms with Crippen LogP contribution in [0.3, 0.4) is 0 Å². The lowest BCUT2D eigenvalue weighted by Gasteiger charge is -2.22. The van der Waals surface area contributed by atoms with Gasteiger partial charge in [0, 0.05) is 25.2 Å². The lowest BCUT2D eigenvalue weighted by molar-refractivity contribution is -0.00791. The van der Waals surface area contributed by atoms with Crippen LogP contribution >= 0.6 is 11.5 Å². The van der Waals surface area contributed by atoms with Gasteiger partial charge in [-0.1, -0.05) is 20.8 Å². The van der Waals surface area contributed by atoms with Crippen LogP contribution in [0.15, 0.2) is 0 Å². The number of rotatable bonds is 6.